The summed E-state index contributed by atoms with van der Waals surface area (Å²) in [4.78, 5) is 35.5. The maximum Gasteiger partial charge on any atom is 0.433 e. The van der Waals surface area contributed by atoms with E-state index in [1.807, 2.05) is 0 Å². The molecule has 0 N–H and O–H groups in total. The van der Waals surface area contributed by atoms with Crippen molar-refractivity contribution < 1.29 is 22.7 Å². The number of rotatable bonds is 5. The summed E-state index contributed by atoms with van der Waals surface area (Å²) in [6.07, 6.45) is -1.79. The number of amides is 1. The maximum absolute atomic E-state index is 13.4. The van der Waals surface area contributed by atoms with Crippen LogP contribution in [0.4, 0.5) is 13.2 Å². The molecule has 0 bridgehead atoms. The largest absolute Gasteiger partial charge is 0.475 e. The van der Waals surface area contributed by atoms with Gasteiger partial charge >= 0.3 is 6.18 Å². The summed E-state index contributed by atoms with van der Waals surface area (Å²) in [5.74, 6) is -0.602. The van der Waals surface area contributed by atoms with Crippen molar-refractivity contribution in [2.45, 2.75) is 59.1 Å². The average Bonchev–Trinajstić information content (AvgIpc) is 3.16. The third kappa shape index (κ3) is 4.55. The van der Waals surface area contributed by atoms with Gasteiger partial charge in [-0.05, 0) is 51.5 Å². The lowest BCUT2D eigenvalue weighted by atomic mass is 10.1. The second-order valence-corrected chi connectivity index (χ2v) is 8.59. The molecule has 4 heterocycles. The Morgan fingerprint density at radius 3 is 2.56 bits per heavy atom. The van der Waals surface area contributed by atoms with Crippen LogP contribution >= 0.6 is 0 Å². The van der Waals surface area contributed by atoms with E-state index in [2.05, 4.69) is 9.97 Å². The zero-order valence-corrected chi connectivity index (χ0v) is 19.1. The molecule has 34 heavy (non-hydrogen) atoms. The molecule has 1 atom stereocenters. The van der Waals surface area contributed by atoms with Gasteiger partial charge in [-0.2, -0.15) is 13.2 Å². The highest BCUT2D eigenvalue weighted by Gasteiger charge is 2.35. The number of aryl methyl sites for hydroxylation is 1. The summed E-state index contributed by atoms with van der Waals surface area (Å²) in [6, 6.07) is 4.98. The van der Waals surface area contributed by atoms with Crippen molar-refractivity contribution in [3.8, 4) is 11.6 Å². The number of carbonyl (C=O) groups is 1. The number of nitrogens with zero attached hydrogens (tertiary/aromatic N) is 5. The fourth-order valence-electron chi connectivity index (χ4n) is 3.92. The fraction of sp³-hybridized carbons (Fsp3) is 0.391. The van der Waals surface area contributed by atoms with E-state index in [4.69, 9.17) is 4.74 Å². The Labute approximate surface area is 193 Å². The molecule has 0 radical (unpaired) electrons. The second kappa shape index (κ2) is 8.62. The van der Waals surface area contributed by atoms with Crippen LogP contribution in [0.15, 0.2) is 41.6 Å². The predicted octanol–water partition coefficient (Wildman–Crippen LogP) is 3.59. The Morgan fingerprint density at radius 1 is 1.21 bits per heavy atom. The van der Waals surface area contributed by atoms with Crippen LogP contribution in [0, 0.1) is 6.92 Å². The lowest BCUT2D eigenvalue weighted by Crippen LogP contribution is -2.49. The minimum atomic E-state index is -4.66. The van der Waals surface area contributed by atoms with Gasteiger partial charge in [-0.15, -0.1) is 0 Å². The van der Waals surface area contributed by atoms with Crippen LogP contribution in [0.2, 0.25) is 0 Å². The van der Waals surface area contributed by atoms with Gasteiger partial charge in [-0.25, -0.2) is 9.97 Å². The van der Waals surface area contributed by atoms with Crippen molar-refractivity contribution in [3.63, 3.8) is 0 Å². The molecule has 0 spiro atoms. The highest BCUT2D eigenvalue weighted by Crippen LogP contribution is 2.31. The molecule has 0 aromatic carbocycles. The van der Waals surface area contributed by atoms with Crippen molar-refractivity contribution in [1.82, 2.24) is 24.0 Å². The molecular formula is C23H24F3N5O3. The third-order valence-electron chi connectivity index (χ3n) is 5.46. The molecule has 4 rings (SSSR count). The molecule has 0 saturated heterocycles. The maximum atomic E-state index is 13.4. The fourth-order valence-corrected chi connectivity index (χ4v) is 3.92. The lowest BCUT2D eigenvalue weighted by Gasteiger charge is -2.35. The summed E-state index contributed by atoms with van der Waals surface area (Å²) < 4.78 is 48.6. The van der Waals surface area contributed by atoms with Crippen molar-refractivity contribution in [2.24, 2.45) is 0 Å². The van der Waals surface area contributed by atoms with E-state index < -0.39 is 23.8 Å². The highest BCUT2D eigenvalue weighted by atomic mass is 19.4. The van der Waals surface area contributed by atoms with Crippen LogP contribution in [0.3, 0.4) is 0 Å². The molecule has 8 nitrogen and oxygen atoms in total. The topological polar surface area (TPSA) is 82.3 Å². The lowest BCUT2D eigenvalue weighted by molar-refractivity contribution is -0.141. The number of imidazole rings is 1. The van der Waals surface area contributed by atoms with Crippen molar-refractivity contribution in [3.05, 3.63) is 69.8 Å². The standard InChI is InChI=1S/C23H24F3N5O3/c1-13(2)34-20-8-16(7-19(28-20)23(24,25)26)11-30-15(4)10-31-18(22(30)33)6-5-17(21(31)32)29-9-14(3)27-12-29/h5-9,12-13,15H,10-11H2,1-4H3/t15-/m1/s1. The van der Waals surface area contributed by atoms with E-state index in [9.17, 15) is 22.8 Å². The first-order valence-electron chi connectivity index (χ1n) is 10.7. The molecule has 1 aliphatic rings. The smallest absolute Gasteiger partial charge is 0.433 e. The second-order valence-electron chi connectivity index (χ2n) is 8.59. The minimum absolute atomic E-state index is 0.0866. The molecular weight excluding hydrogens is 451 g/mol. The summed E-state index contributed by atoms with van der Waals surface area (Å²) in [7, 11) is 0. The van der Waals surface area contributed by atoms with Crippen molar-refractivity contribution in [1.29, 1.82) is 0 Å². The van der Waals surface area contributed by atoms with Gasteiger partial charge in [0.25, 0.3) is 11.5 Å². The molecule has 11 heteroatoms. The normalized spacial score (nSPS) is 16.2. The average molecular weight is 475 g/mol. The number of ether oxygens (including phenoxy) is 1. The Hall–Kier alpha value is -3.63. The monoisotopic (exact) mass is 475 g/mol. The number of aromatic nitrogens is 4. The molecule has 0 fully saturated rings. The summed E-state index contributed by atoms with van der Waals surface area (Å²) in [5, 5.41) is 0. The summed E-state index contributed by atoms with van der Waals surface area (Å²) in [6.45, 7) is 7.04. The van der Waals surface area contributed by atoms with Crippen LogP contribution < -0.4 is 10.3 Å². The number of fused-ring (bicyclic) bond motifs is 1. The summed E-state index contributed by atoms with van der Waals surface area (Å²) >= 11 is 0. The minimum Gasteiger partial charge on any atom is -0.475 e. The Balaban J connectivity index is 1.68. The first-order valence-corrected chi connectivity index (χ1v) is 10.7. The quantitative estimate of drug-likeness (QED) is 0.563. The predicted molar refractivity (Wildman–Crippen MR) is 117 cm³/mol. The zero-order valence-electron chi connectivity index (χ0n) is 19.1. The molecule has 3 aromatic heterocycles. The molecule has 3 aromatic rings. The molecule has 0 aliphatic carbocycles. The number of hydrogen-bond acceptors (Lipinski definition) is 5. The van der Waals surface area contributed by atoms with E-state index >= 15 is 0 Å². The number of alkyl halides is 3. The van der Waals surface area contributed by atoms with Crippen LogP contribution in [0.1, 0.15) is 48.2 Å². The Kier molecular flexibility index (Phi) is 5.96. The van der Waals surface area contributed by atoms with Crippen LogP contribution in [-0.4, -0.2) is 42.1 Å². The van der Waals surface area contributed by atoms with Gasteiger partial charge < -0.3 is 18.8 Å². The first-order chi connectivity index (χ1) is 15.9. The zero-order chi connectivity index (χ0) is 24.8. The van der Waals surface area contributed by atoms with Gasteiger partial charge in [0, 0.05) is 31.4 Å². The van der Waals surface area contributed by atoms with Gasteiger partial charge in [-0.3, -0.25) is 9.59 Å². The van der Waals surface area contributed by atoms with Gasteiger partial charge in [-0.1, -0.05) is 0 Å². The van der Waals surface area contributed by atoms with Crippen molar-refractivity contribution in [2.75, 3.05) is 0 Å². The highest BCUT2D eigenvalue weighted by molar-refractivity contribution is 5.93. The molecule has 180 valence electrons. The Morgan fingerprint density at radius 2 is 1.94 bits per heavy atom. The van der Waals surface area contributed by atoms with E-state index in [0.29, 0.717) is 5.69 Å². The Bertz CT molecular complexity index is 1300. The number of halogens is 3. The molecule has 1 amide bonds. The molecule has 0 unspecified atom stereocenters. The SMILES string of the molecule is Cc1cn(-c2ccc3n(c2=O)C[C@@H](C)N(Cc2cc(OC(C)C)nc(C(F)(F)F)c2)C3=O)cn1. The number of carbonyl (C=O) groups excluding carboxylic acids is 1. The van der Waals surface area contributed by atoms with E-state index in [-0.39, 0.29) is 41.9 Å². The molecule has 0 saturated carbocycles. The van der Waals surface area contributed by atoms with E-state index in [1.54, 1.807) is 50.6 Å². The van der Waals surface area contributed by atoms with Crippen LogP contribution in [0.5, 0.6) is 5.88 Å². The van der Waals surface area contributed by atoms with E-state index in [0.717, 1.165) is 11.8 Å². The van der Waals surface area contributed by atoms with Gasteiger partial charge in [0.1, 0.15) is 17.1 Å². The summed E-state index contributed by atoms with van der Waals surface area (Å²) in [5.41, 5.74) is 0.0820. The van der Waals surface area contributed by atoms with Crippen molar-refractivity contribution >= 4 is 5.91 Å². The molecule has 1 aliphatic heterocycles. The van der Waals surface area contributed by atoms with E-state index in [1.165, 1.54) is 21.9 Å². The van der Waals surface area contributed by atoms with Gasteiger partial charge in [0.05, 0.1) is 18.1 Å². The van der Waals surface area contributed by atoms with Gasteiger partial charge in [0.15, 0.2) is 0 Å². The van der Waals surface area contributed by atoms with Gasteiger partial charge in [0.2, 0.25) is 5.88 Å². The third-order valence-corrected chi connectivity index (χ3v) is 5.46. The number of pyridine rings is 2. The van der Waals surface area contributed by atoms with Crippen LogP contribution in [-0.2, 0) is 19.3 Å². The van der Waals surface area contributed by atoms with Crippen LogP contribution in [0.25, 0.3) is 5.69 Å². The first kappa shape index (κ1) is 23.5. The number of hydrogen-bond donors (Lipinski definition) is 0.